The minimum Gasteiger partial charge on any atom is -0.326 e. The van der Waals surface area contributed by atoms with Crippen LogP contribution in [0.25, 0.3) is 0 Å². The number of rotatable bonds is 3. The molecular weight excluding hydrogens is 219 g/mol. The van der Waals surface area contributed by atoms with Crippen LogP contribution in [0.3, 0.4) is 0 Å². The highest BCUT2D eigenvalue weighted by molar-refractivity contribution is 4.92. The Kier molecular flexibility index (Phi) is 4.20. The molecule has 0 aromatic heterocycles. The number of hydrogen-bond donors (Lipinski definition) is 1. The molecular formula is C10H20F3N3. The van der Waals surface area contributed by atoms with Crippen LogP contribution in [0, 0.1) is 0 Å². The fourth-order valence-corrected chi connectivity index (χ4v) is 2.28. The fourth-order valence-electron chi connectivity index (χ4n) is 2.28. The van der Waals surface area contributed by atoms with Crippen LogP contribution in [0.2, 0.25) is 0 Å². The number of likely N-dealkylation sites (N-methyl/N-ethyl adjacent to an activating group) is 1. The first-order valence-electron chi connectivity index (χ1n) is 5.46. The quantitative estimate of drug-likeness (QED) is 0.794. The van der Waals surface area contributed by atoms with Gasteiger partial charge in [-0.25, -0.2) is 0 Å². The molecule has 1 aliphatic heterocycles. The van der Waals surface area contributed by atoms with E-state index in [1.165, 1.54) is 11.8 Å². The zero-order valence-corrected chi connectivity index (χ0v) is 9.96. The van der Waals surface area contributed by atoms with Gasteiger partial charge in [0.15, 0.2) is 0 Å². The third kappa shape index (κ3) is 3.09. The predicted molar refractivity (Wildman–Crippen MR) is 57.2 cm³/mol. The molecule has 0 aliphatic carbocycles. The molecule has 3 atom stereocenters. The van der Waals surface area contributed by atoms with Crippen molar-refractivity contribution in [3.8, 4) is 0 Å². The topological polar surface area (TPSA) is 32.5 Å². The molecule has 6 heteroatoms. The van der Waals surface area contributed by atoms with Gasteiger partial charge in [-0.3, -0.25) is 4.90 Å². The second kappa shape index (κ2) is 4.89. The maximum Gasteiger partial charge on any atom is 0.405 e. The van der Waals surface area contributed by atoms with Crippen LogP contribution in [0.4, 0.5) is 13.2 Å². The van der Waals surface area contributed by atoms with Crippen LogP contribution in [0.5, 0.6) is 0 Å². The summed E-state index contributed by atoms with van der Waals surface area (Å²) in [5.41, 5.74) is 5.45. The molecule has 1 heterocycles. The molecule has 0 radical (unpaired) electrons. The molecule has 1 fully saturated rings. The lowest BCUT2D eigenvalue weighted by molar-refractivity contribution is -0.185. The second-order valence-electron chi connectivity index (χ2n) is 4.75. The summed E-state index contributed by atoms with van der Waals surface area (Å²) in [5.74, 6) is 0. The molecule has 16 heavy (non-hydrogen) atoms. The Balaban J connectivity index is 2.69. The average molecular weight is 239 g/mol. The Labute approximate surface area is 94.4 Å². The van der Waals surface area contributed by atoms with E-state index in [9.17, 15) is 13.2 Å². The first-order valence-corrected chi connectivity index (χ1v) is 5.46. The number of halogens is 3. The zero-order chi connectivity index (χ0) is 12.5. The van der Waals surface area contributed by atoms with E-state index < -0.39 is 18.3 Å². The third-order valence-corrected chi connectivity index (χ3v) is 3.15. The van der Waals surface area contributed by atoms with E-state index in [1.807, 2.05) is 19.0 Å². The van der Waals surface area contributed by atoms with Crippen molar-refractivity contribution in [3.05, 3.63) is 0 Å². The second-order valence-corrected chi connectivity index (χ2v) is 4.75. The molecule has 1 saturated heterocycles. The summed E-state index contributed by atoms with van der Waals surface area (Å²) in [6.07, 6.45) is -3.47. The maximum atomic E-state index is 12.8. The number of alkyl halides is 3. The van der Waals surface area contributed by atoms with Crippen molar-refractivity contribution in [1.29, 1.82) is 0 Å². The SMILES string of the molecule is CC(N)C(N1CCC(N(C)C)C1)C(F)(F)F. The lowest BCUT2D eigenvalue weighted by atomic mass is 10.1. The van der Waals surface area contributed by atoms with Gasteiger partial charge in [0.25, 0.3) is 0 Å². The van der Waals surface area contributed by atoms with Crippen LogP contribution in [-0.4, -0.2) is 61.3 Å². The molecule has 0 bridgehead atoms. The lowest BCUT2D eigenvalue weighted by Gasteiger charge is -2.32. The van der Waals surface area contributed by atoms with E-state index >= 15 is 0 Å². The molecule has 2 N–H and O–H groups in total. The molecule has 3 nitrogen and oxygen atoms in total. The lowest BCUT2D eigenvalue weighted by Crippen LogP contribution is -2.54. The molecule has 0 aromatic carbocycles. The molecule has 0 saturated carbocycles. The monoisotopic (exact) mass is 239 g/mol. The van der Waals surface area contributed by atoms with Crippen molar-refractivity contribution in [2.75, 3.05) is 27.2 Å². The number of nitrogens with zero attached hydrogens (tertiary/aromatic N) is 2. The fraction of sp³-hybridized carbons (Fsp3) is 1.00. The molecule has 1 rings (SSSR count). The number of hydrogen-bond acceptors (Lipinski definition) is 3. The van der Waals surface area contributed by atoms with Gasteiger partial charge in [-0.1, -0.05) is 0 Å². The Bertz CT molecular complexity index is 228. The smallest absolute Gasteiger partial charge is 0.326 e. The Hall–Kier alpha value is -0.330. The van der Waals surface area contributed by atoms with Crippen LogP contribution in [-0.2, 0) is 0 Å². The van der Waals surface area contributed by atoms with Crippen LogP contribution in [0.15, 0.2) is 0 Å². The highest BCUT2D eigenvalue weighted by Gasteiger charge is 2.47. The van der Waals surface area contributed by atoms with Crippen molar-refractivity contribution in [2.45, 2.75) is 37.6 Å². The van der Waals surface area contributed by atoms with Crippen molar-refractivity contribution in [2.24, 2.45) is 5.73 Å². The van der Waals surface area contributed by atoms with Gasteiger partial charge in [0.1, 0.15) is 6.04 Å². The van der Waals surface area contributed by atoms with E-state index in [1.54, 1.807) is 0 Å². The van der Waals surface area contributed by atoms with E-state index in [2.05, 4.69) is 0 Å². The van der Waals surface area contributed by atoms with Gasteiger partial charge in [0.2, 0.25) is 0 Å². The summed E-state index contributed by atoms with van der Waals surface area (Å²) in [6.45, 7) is 2.33. The Morgan fingerprint density at radius 3 is 2.25 bits per heavy atom. The minimum absolute atomic E-state index is 0.198. The van der Waals surface area contributed by atoms with Gasteiger partial charge >= 0.3 is 6.18 Å². The number of nitrogens with two attached hydrogens (primary N) is 1. The van der Waals surface area contributed by atoms with Gasteiger partial charge in [-0.15, -0.1) is 0 Å². The summed E-state index contributed by atoms with van der Waals surface area (Å²) in [4.78, 5) is 3.42. The molecule has 0 spiro atoms. The molecule has 0 amide bonds. The highest BCUT2D eigenvalue weighted by Crippen LogP contribution is 2.29. The van der Waals surface area contributed by atoms with Crippen molar-refractivity contribution >= 4 is 0 Å². The Morgan fingerprint density at radius 1 is 1.38 bits per heavy atom. The zero-order valence-electron chi connectivity index (χ0n) is 9.96. The van der Waals surface area contributed by atoms with Crippen molar-refractivity contribution < 1.29 is 13.2 Å². The first-order chi connectivity index (χ1) is 7.23. The third-order valence-electron chi connectivity index (χ3n) is 3.15. The van der Waals surface area contributed by atoms with E-state index in [0.717, 1.165) is 6.42 Å². The summed E-state index contributed by atoms with van der Waals surface area (Å²) in [6, 6.07) is -2.21. The van der Waals surface area contributed by atoms with Gasteiger partial charge in [-0.2, -0.15) is 13.2 Å². The Morgan fingerprint density at radius 2 is 1.94 bits per heavy atom. The summed E-state index contributed by atoms with van der Waals surface area (Å²) in [7, 11) is 3.78. The summed E-state index contributed by atoms with van der Waals surface area (Å²) < 4.78 is 38.4. The standard InChI is InChI=1S/C10H20F3N3/c1-7(14)9(10(11,12)13)16-5-4-8(6-16)15(2)3/h7-9H,4-6,14H2,1-3H3. The summed E-state index contributed by atoms with van der Waals surface area (Å²) in [5, 5.41) is 0. The van der Waals surface area contributed by atoms with Crippen LogP contribution >= 0.6 is 0 Å². The van der Waals surface area contributed by atoms with Gasteiger partial charge in [0.05, 0.1) is 0 Å². The van der Waals surface area contributed by atoms with Crippen molar-refractivity contribution in [1.82, 2.24) is 9.80 Å². The maximum absolute atomic E-state index is 12.8. The van der Waals surface area contributed by atoms with E-state index in [-0.39, 0.29) is 6.04 Å². The van der Waals surface area contributed by atoms with Crippen LogP contribution < -0.4 is 5.73 Å². The number of likely N-dealkylation sites (tertiary alicyclic amines) is 1. The first kappa shape index (κ1) is 13.7. The van der Waals surface area contributed by atoms with Gasteiger partial charge < -0.3 is 10.6 Å². The van der Waals surface area contributed by atoms with E-state index in [0.29, 0.717) is 13.1 Å². The van der Waals surface area contributed by atoms with Gasteiger partial charge in [-0.05, 0) is 27.4 Å². The minimum atomic E-state index is -4.24. The predicted octanol–water partition coefficient (Wildman–Crippen LogP) is 0.900. The highest BCUT2D eigenvalue weighted by atomic mass is 19.4. The average Bonchev–Trinajstić information content (AvgIpc) is 2.49. The largest absolute Gasteiger partial charge is 0.405 e. The summed E-state index contributed by atoms with van der Waals surface area (Å²) >= 11 is 0. The van der Waals surface area contributed by atoms with Crippen molar-refractivity contribution in [3.63, 3.8) is 0 Å². The molecule has 96 valence electrons. The molecule has 0 aromatic rings. The van der Waals surface area contributed by atoms with Gasteiger partial charge in [0, 0.05) is 25.2 Å². The normalized spacial score (nSPS) is 27.4. The molecule has 1 aliphatic rings. The molecule has 3 unspecified atom stereocenters. The van der Waals surface area contributed by atoms with E-state index in [4.69, 9.17) is 5.73 Å². The van der Waals surface area contributed by atoms with Crippen LogP contribution in [0.1, 0.15) is 13.3 Å².